The molecule has 0 aromatic heterocycles. The van der Waals surface area contributed by atoms with Crippen LogP contribution in [0.5, 0.6) is 23.0 Å². The number of fused-ring (bicyclic) bond motifs is 8. The predicted octanol–water partition coefficient (Wildman–Crippen LogP) is 10.6. The van der Waals surface area contributed by atoms with Crippen molar-refractivity contribution >= 4 is 28.2 Å². The highest BCUT2D eigenvalue weighted by atomic mass is 16.5. The Labute approximate surface area is 322 Å². The van der Waals surface area contributed by atoms with Crippen molar-refractivity contribution in [3.63, 3.8) is 0 Å². The normalized spacial score (nSPS) is 17.8. The number of methoxy groups -OCH3 is 3. The van der Waals surface area contributed by atoms with Gasteiger partial charge in [-0.05, 0) is 87.3 Å². The summed E-state index contributed by atoms with van der Waals surface area (Å²) in [5.74, 6) is 2.87. The summed E-state index contributed by atoms with van der Waals surface area (Å²) in [5.41, 5.74) is 10.5. The molecule has 2 aliphatic heterocycles. The van der Waals surface area contributed by atoms with E-state index >= 15 is 0 Å². The summed E-state index contributed by atoms with van der Waals surface area (Å²) in [6, 6.07) is 35.7. The third-order valence-electron chi connectivity index (χ3n) is 11.7. The van der Waals surface area contributed by atoms with E-state index in [1.165, 1.54) is 27.9 Å². The third-order valence-corrected chi connectivity index (χ3v) is 11.7. The van der Waals surface area contributed by atoms with Crippen LogP contribution in [-0.2, 0) is 15.8 Å². The van der Waals surface area contributed by atoms with Gasteiger partial charge in [-0.1, -0.05) is 80.6 Å². The maximum atomic E-state index is 7.59. The molecule has 9 rings (SSSR count). The summed E-state index contributed by atoms with van der Waals surface area (Å²) in [4.78, 5) is 5.96. The van der Waals surface area contributed by atoms with Gasteiger partial charge < -0.3 is 28.6 Å². The quantitative estimate of drug-likeness (QED) is 0.153. The fourth-order valence-electron chi connectivity index (χ4n) is 8.77. The van der Waals surface area contributed by atoms with Crippen LogP contribution < -0.4 is 23.8 Å². The molecule has 1 atom stereocenters. The molecule has 55 heavy (non-hydrogen) atoms. The Kier molecular flexibility index (Phi) is 8.33. The number of benzene rings is 6. The zero-order chi connectivity index (χ0) is 37.9. The van der Waals surface area contributed by atoms with Crippen molar-refractivity contribution in [3.05, 3.63) is 148 Å². The first-order valence-corrected chi connectivity index (χ1v) is 18.6. The molecule has 2 heterocycles. The number of ether oxygens (including phenoxy) is 5. The smallest absolute Gasteiger partial charge is 0.187 e. The molecule has 1 fully saturated rings. The summed E-state index contributed by atoms with van der Waals surface area (Å²) in [6.07, 6.45) is 4.49. The van der Waals surface area contributed by atoms with Gasteiger partial charge in [-0.3, -0.25) is 0 Å². The van der Waals surface area contributed by atoms with Crippen LogP contribution >= 0.6 is 0 Å². The third kappa shape index (κ3) is 5.43. The first kappa shape index (κ1) is 34.5. The van der Waals surface area contributed by atoms with Crippen LogP contribution in [0.1, 0.15) is 41.7 Å². The standard InChI is InChI=1S/C48H42N2O5/c1-47(2)41-27-31(30-7-14-34(49-3)15-8-30)9-20-37(41)44-39-28-42(52-5)43(53-6)29-40(39)46-38(45(44)47)21-22-48(55-46,33-12-18-36(51-4)19-13-33)32-10-16-35(17-11-32)50-23-25-54-26-24-50/h7-22,27-29H,23-26H2,1-2,4-6H3. The highest BCUT2D eigenvalue weighted by molar-refractivity contribution is 6.10. The van der Waals surface area contributed by atoms with E-state index in [-0.39, 0.29) is 5.41 Å². The minimum absolute atomic E-state index is 0.379. The summed E-state index contributed by atoms with van der Waals surface area (Å²) in [6.45, 7) is 15.2. The van der Waals surface area contributed by atoms with Gasteiger partial charge in [-0.15, -0.1) is 0 Å². The Hall–Kier alpha value is -6.23. The van der Waals surface area contributed by atoms with Gasteiger partial charge in [0.05, 0.1) is 41.1 Å². The zero-order valence-corrected chi connectivity index (χ0v) is 31.7. The minimum atomic E-state index is -0.947. The van der Waals surface area contributed by atoms with E-state index in [2.05, 4.69) is 102 Å². The Morgan fingerprint density at radius 3 is 1.98 bits per heavy atom. The van der Waals surface area contributed by atoms with Crippen molar-refractivity contribution in [2.75, 3.05) is 52.5 Å². The molecule has 0 amide bonds. The van der Waals surface area contributed by atoms with Crippen LogP contribution in [0.15, 0.2) is 109 Å². The molecule has 1 unspecified atom stereocenters. The SMILES string of the molecule is [C-]#[N+]c1ccc(-c2ccc3c(c2)C(C)(C)c2c4c(c5cc(OC)c(OC)cc5c2-3)OC(c2ccc(OC)cc2)(c2ccc(N3CCOCC3)cc2)C=C4)cc1. The highest BCUT2D eigenvalue weighted by Crippen LogP contribution is 2.59. The Morgan fingerprint density at radius 1 is 0.709 bits per heavy atom. The first-order chi connectivity index (χ1) is 26.8. The Morgan fingerprint density at radius 2 is 1.35 bits per heavy atom. The molecule has 0 N–H and O–H groups in total. The van der Waals surface area contributed by atoms with Crippen molar-refractivity contribution in [2.24, 2.45) is 0 Å². The molecule has 1 aliphatic carbocycles. The Balaban J connectivity index is 1.27. The van der Waals surface area contributed by atoms with E-state index in [1.54, 1.807) is 21.3 Å². The topological polar surface area (TPSA) is 53.8 Å². The van der Waals surface area contributed by atoms with Crippen molar-refractivity contribution in [1.29, 1.82) is 0 Å². The largest absolute Gasteiger partial charge is 0.497 e. The zero-order valence-electron chi connectivity index (χ0n) is 31.7. The molecular weight excluding hydrogens is 685 g/mol. The lowest BCUT2D eigenvalue weighted by molar-refractivity contribution is 0.122. The lowest BCUT2D eigenvalue weighted by Gasteiger charge is -2.39. The van der Waals surface area contributed by atoms with Crippen LogP contribution in [0.4, 0.5) is 11.4 Å². The molecule has 0 radical (unpaired) electrons. The molecule has 274 valence electrons. The molecular formula is C48H42N2O5. The number of anilines is 1. The van der Waals surface area contributed by atoms with Gasteiger partial charge in [0, 0.05) is 46.3 Å². The van der Waals surface area contributed by atoms with Crippen LogP contribution in [0.25, 0.3) is 43.9 Å². The van der Waals surface area contributed by atoms with Gasteiger partial charge in [0.25, 0.3) is 0 Å². The molecule has 1 saturated heterocycles. The van der Waals surface area contributed by atoms with Crippen LogP contribution in [0, 0.1) is 6.57 Å². The van der Waals surface area contributed by atoms with Crippen LogP contribution in [0.2, 0.25) is 0 Å². The Bertz CT molecular complexity index is 2530. The van der Waals surface area contributed by atoms with Gasteiger partial charge >= 0.3 is 0 Å². The molecule has 6 aromatic carbocycles. The summed E-state index contributed by atoms with van der Waals surface area (Å²) in [5, 5.41) is 1.98. The van der Waals surface area contributed by atoms with Gasteiger partial charge in [-0.25, -0.2) is 4.85 Å². The van der Waals surface area contributed by atoms with Gasteiger partial charge in [0.2, 0.25) is 0 Å². The van der Waals surface area contributed by atoms with E-state index in [0.717, 1.165) is 76.4 Å². The van der Waals surface area contributed by atoms with Gasteiger partial charge in [0.1, 0.15) is 11.5 Å². The maximum Gasteiger partial charge on any atom is 0.187 e. The lowest BCUT2D eigenvalue weighted by Crippen LogP contribution is -2.37. The van der Waals surface area contributed by atoms with Crippen LogP contribution in [0.3, 0.4) is 0 Å². The van der Waals surface area contributed by atoms with Crippen molar-refractivity contribution in [1.82, 2.24) is 0 Å². The van der Waals surface area contributed by atoms with Crippen molar-refractivity contribution in [3.8, 4) is 45.3 Å². The molecule has 0 bridgehead atoms. The second kappa shape index (κ2) is 13.3. The average molecular weight is 727 g/mol. The molecule has 7 heteroatoms. The number of hydrogen-bond donors (Lipinski definition) is 0. The van der Waals surface area contributed by atoms with Gasteiger partial charge in [-0.2, -0.15) is 0 Å². The predicted molar refractivity (Wildman–Crippen MR) is 219 cm³/mol. The number of hydrogen-bond acceptors (Lipinski definition) is 6. The number of rotatable bonds is 7. The second-order valence-corrected chi connectivity index (χ2v) is 14.8. The fourth-order valence-corrected chi connectivity index (χ4v) is 8.77. The van der Waals surface area contributed by atoms with E-state index in [4.69, 9.17) is 30.3 Å². The van der Waals surface area contributed by atoms with Crippen molar-refractivity contribution in [2.45, 2.75) is 24.9 Å². The monoisotopic (exact) mass is 726 g/mol. The summed E-state index contributed by atoms with van der Waals surface area (Å²) < 4.78 is 30.6. The minimum Gasteiger partial charge on any atom is -0.497 e. The lowest BCUT2D eigenvalue weighted by atomic mass is 9.76. The van der Waals surface area contributed by atoms with Crippen LogP contribution in [-0.4, -0.2) is 47.6 Å². The molecule has 6 aromatic rings. The molecule has 0 saturated carbocycles. The second-order valence-electron chi connectivity index (χ2n) is 14.8. The fraction of sp³-hybridized carbons (Fsp3) is 0.229. The molecule has 7 nitrogen and oxygen atoms in total. The number of morpholine rings is 1. The highest BCUT2D eigenvalue weighted by Gasteiger charge is 2.45. The van der Waals surface area contributed by atoms with E-state index < -0.39 is 5.60 Å². The average Bonchev–Trinajstić information content (AvgIpc) is 3.49. The number of nitrogens with zero attached hydrogens (tertiary/aromatic N) is 2. The van der Waals surface area contributed by atoms with E-state index in [9.17, 15) is 0 Å². The summed E-state index contributed by atoms with van der Waals surface area (Å²) in [7, 11) is 5.04. The van der Waals surface area contributed by atoms with Gasteiger partial charge in [0.15, 0.2) is 22.8 Å². The van der Waals surface area contributed by atoms with E-state index in [0.29, 0.717) is 17.2 Å². The van der Waals surface area contributed by atoms with E-state index in [1.807, 2.05) is 36.4 Å². The maximum absolute atomic E-state index is 7.59. The molecule has 3 aliphatic rings. The van der Waals surface area contributed by atoms with Crippen molar-refractivity contribution < 1.29 is 23.7 Å². The summed E-state index contributed by atoms with van der Waals surface area (Å²) >= 11 is 0. The molecule has 0 spiro atoms. The first-order valence-electron chi connectivity index (χ1n) is 18.6.